The minimum atomic E-state index is -4.56. The van der Waals surface area contributed by atoms with Gasteiger partial charge in [-0.1, -0.05) is 61.5 Å². The lowest BCUT2D eigenvalue weighted by molar-refractivity contribution is -0.137. The lowest BCUT2D eigenvalue weighted by atomic mass is 10.0. The van der Waals surface area contributed by atoms with Gasteiger partial charge in [0, 0.05) is 16.6 Å². The second-order valence-corrected chi connectivity index (χ2v) is 8.50. The van der Waals surface area contributed by atoms with Crippen LogP contribution >= 0.6 is 0 Å². The van der Waals surface area contributed by atoms with E-state index in [1.165, 1.54) is 10.6 Å². The molecule has 5 rings (SSSR count). The maximum absolute atomic E-state index is 13.5. The molecule has 0 aliphatic heterocycles. The fraction of sp³-hybridized carbons (Fsp3) is 0.103. The summed E-state index contributed by atoms with van der Waals surface area (Å²) in [4.78, 5) is 0. The summed E-state index contributed by atoms with van der Waals surface area (Å²) in [7, 11) is 0. The molecule has 1 heterocycles. The Hall–Kier alpha value is -4.59. The quantitative estimate of drug-likeness (QED) is 0.237. The third-order valence-electron chi connectivity index (χ3n) is 6.20. The minimum Gasteiger partial charge on any atom is -0.505 e. The van der Waals surface area contributed by atoms with E-state index in [9.17, 15) is 23.4 Å². The molecule has 0 aliphatic rings. The van der Waals surface area contributed by atoms with E-state index in [-0.39, 0.29) is 33.9 Å². The van der Waals surface area contributed by atoms with Gasteiger partial charge >= 0.3 is 6.18 Å². The number of phenolic OH excluding ortho intramolecular Hbond substituents is 1. The maximum atomic E-state index is 13.5. The van der Waals surface area contributed by atoms with Crippen LogP contribution in [0, 0.1) is 0 Å². The molecular weight excluding hydrogens is 479 g/mol. The monoisotopic (exact) mass is 501 g/mol. The largest absolute Gasteiger partial charge is 0.505 e. The summed E-state index contributed by atoms with van der Waals surface area (Å²) in [6.45, 7) is 1.99. The summed E-state index contributed by atoms with van der Waals surface area (Å²) in [5, 5.41) is 30.6. The fourth-order valence-corrected chi connectivity index (χ4v) is 4.24. The van der Waals surface area contributed by atoms with Crippen molar-refractivity contribution in [1.29, 1.82) is 0 Å². The number of halogens is 3. The number of alkyl halides is 3. The van der Waals surface area contributed by atoms with Crippen molar-refractivity contribution in [1.82, 2.24) is 4.57 Å². The predicted octanol–water partition coefficient (Wildman–Crippen LogP) is 8.71. The van der Waals surface area contributed by atoms with Gasteiger partial charge in [0.2, 0.25) is 5.88 Å². The molecule has 0 spiro atoms. The van der Waals surface area contributed by atoms with Gasteiger partial charge in [0.1, 0.15) is 5.69 Å². The summed E-state index contributed by atoms with van der Waals surface area (Å²) in [6, 6.07) is 24.6. The van der Waals surface area contributed by atoms with Gasteiger partial charge in [-0.2, -0.15) is 13.2 Å². The Balaban J connectivity index is 1.66. The number of nitrogens with zero attached hydrogens (tertiary/aromatic N) is 3. The summed E-state index contributed by atoms with van der Waals surface area (Å²) >= 11 is 0. The molecular formula is C29H22F3N3O2. The number of para-hydroxylation sites is 1. The van der Waals surface area contributed by atoms with Gasteiger partial charge in [-0.15, -0.1) is 10.2 Å². The van der Waals surface area contributed by atoms with Crippen LogP contribution in [-0.2, 0) is 12.6 Å². The number of hydrogen-bond donors (Lipinski definition) is 2. The standard InChI is InChI=1S/C29H22F3N3O2/c1-2-18-11-14-21(15-12-18)35-25-17-20(29(30,31)32)13-16-23(25)26(28(35)37)34-33-24-10-6-9-22(27(24)36)19-7-4-3-5-8-19/h3-17,36-37H,2H2,1H3. The van der Waals surface area contributed by atoms with E-state index < -0.39 is 11.7 Å². The van der Waals surface area contributed by atoms with Gasteiger partial charge in [-0.05, 0) is 53.9 Å². The van der Waals surface area contributed by atoms with Crippen LogP contribution in [0.3, 0.4) is 0 Å². The normalized spacial score (nSPS) is 12.0. The number of fused-ring (bicyclic) bond motifs is 1. The Labute approximate surface area is 210 Å². The van der Waals surface area contributed by atoms with Crippen molar-refractivity contribution in [3.63, 3.8) is 0 Å². The number of aryl methyl sites for hydroxylation is 1. The van der Waals surface area contributed by atoms with E-state index in [1.807, 2.05) is 49.4 Å². The number of rotatable bonds is 5. The zero-order valence-corrected chi connectivity index (χ0v) is 19.7. The highest BCUT2D eigenvalue weighted by atomic mass is 19.4. The molecule has 2 N–H and O–H groups in total. The van der Waals surface area contributed by atoms with Crippen molar-refractivity contribution in [3.05, 3.63) is 102 Å². The van der Waals surface area contributed by atoms with Gasteiger partial charge in [0.25, 0.3) is 0 Å². The third-order valence-corrected chi connectivity index (χ3v) is 6.20. The van der Waals surface area contributed by atoms with Gasteiger partial charge in [-0.3, -0.25) is 4.57 Å². The van der Waals surface area contributed by atoms with E-state index in [4.69, 9.17) is 0 Å². The first-order valence-corrected chi connectivity index (χ1v) is 11.6. The first-order chi connectivity index (χ1) is 17.8. The number of aromatic hydroxyl groups is 2. The van der Waals surface area contributed by atoms with Crippen LogP contribution in [0.5, 0.6) is 11.6 Å². The average Bonchev–Trinajstić information content (AvgIpc) is 3.18. The van der Waals surface area contributed by atoms with Crippen molar-refractivity contribution in [2.45, 2.75) is 19.5 Å². The number of azo groups is 1. The summed E-state index contributed by atoms with van der Waals surface area (Å²) < 4.78 is 41.8. The highest BCUT2D eigenvalue weighted by Gasteiger charge is 2.32. The van der Waals surface area contributed by atoms with Crippen LogP contribution in [0.15, 0.2) is 101 Å². The van der Waals surface area contributed by atoms with Crippen molar-refractivity contribution in [3.8, 4) is 28.4 Å². The van der Waals surface area contributed by atoms with Gasteiger partial charge in [0.05, 0.1) is 11.1 Å². The van der Waals surface area contributed by atoms with Crippen LogP contribution in [0.4, 0.5) is 24.5 Å². The van der Waals surface area contributed by atoms with Gasteiger partial charge in [0.15, 0.2) is 11.4 Å². The number of phenols is 1. The molecule has 0 saturated carbocycles. The average molecular weight is 502 g/mol. The van der Waals surface area contributed by atoms with Crippen LogP contribution in [-0.4, -0.2) is 14.8 Å². The molecule has 1 aromatic heterocycles. The molecule has 0 fully saturated rings. The van der Waals surface area contributed by atoms with Crippen LogP contribution in [0.25, 0.3) is 27.7 Å². The number of aromatic nitrogens is 1. The molecule has 4 aromatic carbocycles. The Morgan fingerprint density at radius 3 is 2.22 bits per heavy atom. The molecule has 186 valence electrons. The molecule has 0 atom stereocenters. The molecule has 0 aliphatic carbocycles. The summed E-state index contributed by atoms with van der Waals surface area (Å²) in [5.74, 6) is -0.462. The molecule has 5 nitrogen and oxygen atoms in total. The highest BCUT2D eigenvalue weighted by Crippen LogP contribution is 2.45. The zero-order valence-electron chi connectivity index (χ0n) is 19.7. The number of benzene rings is 4. The lowest BCUT2D eigenvalue weighted by Crippen LogP contribution is -2.05. The lowest BCUT2D eigenvalue weighted by Gasteiger charge is -2.10. The van der Waals surface area contributed by atoms with Crippen molar-refractivity contribution in [2.75, 3.05) is 0 Å². The summed E-state index contributed by atoms with van der Waals surface area (Å²) in [5.41, 5.74) is 2.29. The Morgan fingerprint density at radius 2 is 1.54 bits per heavy atom. The predicted molar refractivity (Wildman–Crippen MR) is 137 cm³/mol. The number of hydrogen-bond acceptors (Lipinski definition) is 4. The van der Waals surface area contributed by atoms with Crippen molar-refractivity contribution in [2.24, 2.45) is 10.2 Å². The molecule has 0 bridgehead atoms. The Morgan fingerprint density at radius 1 is 0.811 bits per heavy atom. The molecule has 37 heavy (non-hydrogen) atoms. The Kier molecular flexibility index (Phi) is 6.17. The first kappa shape index (κ1) is 24.1. The molecule has 8 heteroatoms. The first-order valence-electron chi connectivity index (χ1n) is 11.6. The van der Waals surface area contributed by atoms with E-state index in [0.29, 0.717) is 11.3 Å². The van der Waals surface area contributed by atoms with Crippen molar-refractivity contribution < 1.29 is 23.4 Å². The zero-order chi connectivity index (χ0) is 26.2. The second-order valence-electron chi connectivity index (χ2n) is 8.50. The van der Waals surface area contributed by atoms with E-state index in [1.54, 1.807) is 30.3 Å². The molecule has 0 amide bonds. The highest BCUT2D eigenvalue weighted by molar-refractivity contribution is 5.97. The van der Waals surface area contributed by atoms with E-state index in [0.717, 1.165) is 29.7 Å². The fourth-order valence-electron chi connectivity index (χ4n) is 4.24. The third kappa shape index (κ3) is 4.53. The molecule has 0 radical (unpaired) electrons. The smallest absolute Gasteiger partial charge is 0.416 e. The van der Waals surface area contributed by atoms with Crippen LogP contribution in [0.2, 0.25) is 0 Å². The van der Waals surface area contributed by atoms with E-state index in [2.05, 4.69) is 10.2 Å². The SMILES string of the molecule is CCc1ccc(-n2c(O)c(N=Nc3cccc(-c4ccccc4)c3O)c3ccc(C(F)(F)F)cc32)cc1. The van der Waals surface area contributed by atoms with Gasteiger partial charge in [-0.25, -0.2) is 0 Å². The van der Waals surface area contributed by atoms with Gasteiger partial charge < -0.3 is 10.2 Å². The van der Waals surface area contributed by atoms with Crippen LogP contribution in [0.1, 0.15) is 18.1 Å². The molecule has 5 aromatic rings. The van der Waals surface area contributed by atoms with Crippen LogP contribution < -0.4 is 0 Å². The van der Waals surface area contributed by atoms with E-state index >= 15 is 0 Å². The molecule has 0 saturated heterocycles. The molecule has 0 unspecified atom stereocenters. The Bertz CT molecular complexity index is 1610. The second kappa shape index (κ2) is 9.46. The minimum absolute atomic E-state index is 0.00666. The summed E-state index contributed by atoms with van der Waals surface area (Å²) in [6.07, 6.45) is -3.77. The maximum Gasteiger partial charge on any atom is 0.416 e. The topological polar surface area (TPSA) is 70.1 Å². The van der Waals surface area contributed by atoms with Crippen molar-refractivity contribution >= 4 is 22.3 Å².